The molecular weight excluding hydrogens is 327 g/mol. The predicted octanol–water partition coefficient (Wildman–Crippen LogP) is 3.87. The molecule has 0 heterocycles. The fourth-order valence-corrected chi connectivity index (χ4v) is 2.31. The number of Topliss-reactive ketones (excluding diaryl/α,β-unsaturated/α-hetero) is 1. The number of carbonyl (C=O) groups excluding carboxylic acids is 1. The molecule has 1 aromatic rings. The topological polar surface area (TPSA) is 17.1 Å². The van der Waals surface area contributed by atoms with Crippen molar-refractivity contribution in [3.63, 3.8) is 0 Å². The Morgan fingerprint density at radius 1 is 1.53 bits per heavy atom. The van der Waals surface area contributed by atoms with Gasteiger partial charge in [-0.25, -0.2) is 4.39 Å². The van der Waals surface area contributed by atoms with Gasteiger partial charge in [0.2, 0.25) is 0 Å². The number of benzene rings is 1. The van der Waals surface area contributed by atoms with Crippen molar-refractivity contribution in [3.8, 4) is 0 Å². The molecule has 0 amide bonds. The molecule has 1 unspecified atom stereocenters. The molecule has 0 aliphatic carbocycles. The monoisotopic (exact) mass is 336 g/mol. The molecule has 0 aromatic heterocycles. The highest BCUT2D eigenvalue weighted by atomic mass is 79.9. The summed E-state index contributed by atoms with van der Waals surface area (Å²) in [5.74, 6) is -0.150. The van der Waals surface area contributed by atoms with Crippen LogP contribution in [0.15, 0.2) is 22.7 Å². The Hall–Kier alpha value is -0.220. The van der Waals surface area contributed by atoms with E-state index in [-0.39, 0.29) is 16.4 Å². The lowest BCUT2D eigenvalue weighted by Gasteiger charge is -2.09. The van der Waals surface area contributed by atoms with Crippen molar-refractivity contribution in [1.82, 2.24) is 0 Å². The fourth-order valence-electron chi connectivity index (χ4n) is 1.23. The molecule has 0 bridgehead atoms. The Morgan fingerprint density at radius 2 is 2.20 bits per heavy atom. The van der Waals surface area contributed by atoms with Gasteiger partial charge in [-0.15, -0.1) is 0 Å². The smallest absolute Gasteiger partial charge is 0.146 e. The molecule has 0 spiro atoms. The molecule has 0 aliphatic heterocycles. The van der Waals surface area contributed by atoms with Crippen molar-refractivity contribution >= 4 is 37.6 Å². The van der Waals surface area contributed by atoms with Gasteiger partial charge in [0, 0.05) is 10.9 Å². The van der Waals surface area contributed by atoms with Gasteiger partial charge >= 0.3 is 0 Å². The average Bonchev–Trinajstić information content (AvgIpc) is 2.22. The molecule has 0 radical (unpaired) electrons. The van der Waals surface area contributed by atoms with Crippen molar-refractivity contribution in [3.05, 3.63) is 34.1 Å². The first-order valence-electron chi connectivity index (χ1n) is 4.65. The lowest BCUT2D eigenvalue weighted by molar-refractivity contribution is -0.118. The van der Waals surface area contributed by atoms with Crippen LogP contribution in [0.5, 0.6) is 0 Å². The van der Waals surface area contributed by atoms with Crippen LogP contribution in [0.3, 0.4) is 0 Å². The van der Waals surface area contributed by atoms with E-state index >= 15 is 0 Å². The molecule has 15 heavy (non-hydrogen) atoms. The normalized spacial score (nSPS) is 12.5. The van der Waals surface area contributed by atoms with E-state index in [0.717, 1.165) is 10.0 Å². The third-order valence-corrected chi connectivity index (χ3v) is 3.71. The minimum absolute atomic E-state index is 0.131. The first-order chi connectivity index (χ1) is 7.04. The predicted molar refractivity (Wildman–Crippen MR) is 65.8 cm³/mol. The van der Waals surface area contributed by atoms with E-state index in [1.165, 1.54) is 12.1 Å². The molecule has 4 heteroatoms. The largest absolute Gasteiger partial charge is 0.298 e. The van der Waals surface area contributed by atoms with Crippen LogP contribution in [-0.2, 0) is 11.2 Å². The van der Waals surface area contributed by atoms with E-state index in [2.05, 4.69) is 31.9 Å². The molecule has 0 saturated heterocycles. The van der Waals surface area contributed by atoms with E-state index in [1.54, 1.807) is 6.07 Å². The lowest BCUT2D eigenvalue weighted by atomic mass is 10.1. The van der Waals surface area contributed by atoms with Gasteiger partial charge < -0.3 is 0 Å². The first kappa shape index (κ1) is 12.8. The summed E-state index contributed by atoms with van der Waals surface area (Å²) >= 11 is 6.64. The number of hydrogen-bond donors (Lipinski definition) is 0. The second-order valence-electron chi connectivity index (χ2n) is 3.23. The number of ketones is 1. The van der Waals surface area contributed by atoms with Gasteiger partial charge in [-0.05, 0) is 30.2 Å². The van der Waals surface area contributed by atoms with Gasteiger partial charge in [-0.3, -0.25) is 4.79 Å². The number of rotatable bonds is 4. The zero-order valence-electron chi connectivity index (χ0n) is 8.27. The van der Waals surface area contributed by atoms with Crippen LogP contribution in [0.2, 0.25) is 0 Å². The molecule has 0 saturated carbocycles. The van der Waals surface area contributed by atoms with Gasteiger partial charge in [0.1, 0.15) is 11.6 Å². The highest BCUT2D eigenvalue weighted by molar-refractivity contribution is 9.10. The van der Waals surface area contributed by atoms with Crippen LogP contribution in [0.25, 0.3) is 0 Å². The maximum Gasteiger partial charge on any atom is 0.146 e. The van der Waals surface area contributed by atoms with Crippen molar-refractivity contribution in [2.45, 2.75) is 24.6 Å². The summed E-state index contributed by atoms with van der Waals surface area (Å²) < 4.78 is 13.8. The number of alkyl halides is 1. The number of halogens is 3. The zero-order chi connectivity index (χ0) is 11.4. The Bertz CT molecular complexity index is 366. The van der Waals surface area contributed by atoms with Crippen molar-refractivity contribution in [2.24, 2.45) is 0 Å². The van der Waals surface area contributed by atoms with Gasteiger partial charge in [0.15, 0.2) is 0 Å². The first-order valence-corrected chi connectivity index (χ1v) is 6.36. The number of hydrogen-bond acceptors (Lipinski definition) is 1. The van der Waals surface area contributed by atoms with Crippen LogP contribution < -0.4 is 0 Å². The highest BCUT2D eigenvalue weighted by Crippen LogP contribution is 2.22. The quantitative estimate of drug-likeness (QED) is 0.762. The van der Waals surface area contributed by atoms with E-state index in [1.807, 2.05) is 6.92 Å². The SMILES string of the molecule is CCC(=O)C(Br)Cc1cc(F)ccc1Br. The molecule has 1 atom stereocenters. The van der Waals surface area contributed by atoms with Gasteiger partial charge in [0.05, 0.1) is 4.83 Å². The van der Waals surface area contributed by atoms with Crippen LogP contribution in [-0.4, -0.2) is 10.6 Å². The molecule has 0 aliphatic rings. The minimum atomic E-state index is -0.281. The summed E-state index contributed by atoms with van der Waals surface area (Å²) in [5, 5.41) is 0. The molecule has 1 nitrogen and oxygen atoms in total. The third kappa shape index (κ3) is 3.68. The fraction of sp³-hybridized carbons (Fsp3) is 0.364. The summed E-state index contributed by atoms with van der Waals surface area (Å²) in [6.45, 7) is 1.82. The third-order valence-electron chi connectivity index (χ3n) is 2.10. The van der Waals surface area contributed by atoms with Crippen molar-refractivity contribution in [1.29, 1.82) is 0 Å². The Labute approximate surface area is 105 Å². The number of carbonyl (C=O) groups is 1. The van der Waals surface area contributed by atoms with Gasteiger partial charge in [-0.1, -0.05) is 38.8 Å². The summed E-state index contributed by atoms with van der Waals surface area (Å²) in [5.41, 5.74) is 0.804. The Balaban J connectivity index is 2.80. The lowest BCUT2D eigenvalue weighted by Crippen LogP contribution is -2.15. The Kier molecular flexibility index (Phi) is 4.93. The van der Waals surface area contributed by atoms with Crippen LogP contribution in [0.1, 0.15) is 18.9 Å². The van der Waals surface area contributed by atoms with Crippen molar-refractivity contribution in [2.75, 3.05) is 0 Å². The van der Waals surface area contributed by atoms with Crippen LogP contribution in [0.4, 0.5) is 4.39 Å². The van der Waals surface area contributed by atoms with Crippen molar-refractivity contribution < 1.29 is 9.18 Å². The maximum absolute atomic E-state index is 13.0. The highest BCUT2D eigenvalue weighted by Gasteiger charge is 2.15. The second-order valence-corrected chi connectivity index (χ2v) is 5.19. The summed E-state index contributed by atoms with van der Waals surface area (Å²) in [7, 11) is 0. The average molecular weight is 338 g/mol. The van der Waals surface area contributed by atoms with E-state index in [0.29, 0.717) is 12.8 Å². The van der Waals surface area contributed by atoms with Gasteiger partial charge in [-0.2, -0.15) is 0 Å². The molecule has 82 valence electrons. The molecular formula is C11H11Br2FO. The molecule has 1 rings (SSSR count). The summed E-state index contributed by atoms with van der Waals surface area (Å²) in [4.78, 5) is 11.1. The van der Waals surface area contributed by atoms with Crippen LogP contribution in [0, 0.1) is 5.82 Å². The molecule has 0 fully saturated rings. The molecule has 0 N–H and O–H groups in total. The minimum Gasteiger partial charge on any atom is -0.298 e. The summed E-state index contributed by atoms with van der Waals surface area (Å²) in [6, 6.07) is 4.49. The second kappa shape index (κ2) is 5.75. The van der Waals surface area contributed by atoms with E-state index < -0.39 is 0 Å². The maximum atomic E-state index is 13.0. The summed E-state index contributed by atoms with van der Waals surface area (Å²) in [6.07, 6.45) is 0.994. The van der Waals surface area contributed by atoms with E-state index in [4.69, 9.17) is 0 Å². The zero-order valence-corrected chi connectivity index (χ0v) is 11.4. The Morgan fingerprint density at radius 3 is 2.80 bits per heavy atom. The standard InChI is InChI=1S/C11H11Br2FO/c1-2-11(15)10(13)6-7-5-8(14)3-4-9(7)12/h3-5,10H,2,6H2,1H3. The molecule has 1 aromatic carbocycles. The van der Waals surface area contributed by atoms with Crippen LogP contribution >= 0.6 is 31.9 Å². The van der Waals surface area contributed by atoms with Gasteiger partial charge in [0.25, 0.3) is 0 Å². The van der Waals surface area contributed by atoms with E-state index in [9.17, 15) is 9.18 Å².